The van der Waals surface area contributed by atoms with Crippen molar-refractivity contribution in [2.24, 2.45) is 0 Å². The average Bonchev–Trinajstić information content (AvgIpc) is 2.29. The van der Waals surface area contributed by atoms with Gasteiger partial charge in [-0.05, 0) is 67.2 Å². The third-order valence-corrected chi connectivity index (χ3v) is 3.62. The van der Waals surface area contributed by atoms with E-state index in [2.05, 4.69) is 56.1 Å². The fraction of sp³-hybridized carbons (Fsp3) is 0.938. The fourth-order valence-corrected chi connectivity index (χ4v) is 2.75. The number of nitrogens with zero attached hydrogens (tertiary/aromatic N) is 3. The quantitative estimate of drug-likeness (QED) is 0.840. The highest BCUT2D eigenvalue weighted by molar-refractivity contribution is 5.11. The van der Waals surface area contributed by atoms with Crippen molar-refractivity contribution >= 4 is 0 Å². The summed E-state index contributed by atoms with van der Waals surface area (Å²) in [5, 5.41) is 13.0. The van der Waals surface area contributed by atoms with Crippen LogP contribution in [0.15, 0.2) is 0 Å². The molecule has 1 heterocycles. The minimum Gasteiger partial charge on any atom is -0.309 e. The number of hydrogen-bond donors (Lipinski definition) is 1. The summed E-state index contributed by atoms with van der Waals surface area (Å²) in [5.41, 5.74) is -0.320. The van der Waals surface area contributed by atoms with Crippen molar-refractivity contribution in [1.82, 2.24) is 15.1 Å². The smallest absolute Gasteiger partial charge is 0.109 e. The number of piperidine rings is 1. The first-order valence-electron chi connectivity index (χ1n) is 7.34. The predicted octanol–water partition coefficient (Wildman–Crippen LogP) is 2.32. The molecule has 1 fully saturated rings. The summed E-state index contributed by atoms with van der Waals surface area (Å²) in [6.07, 6.45) is 3.07. The molecule has 0 aromatic heterocycles. The maximum atomic E-state index is 9.50. The summed E-state index contributed by atoms with van der Waals surface area (Å²) in [7, 11) is 4.23. The minimum absolute atomic E-state index is 0. The van der Waals surface area contributed by atoms with Crippen LogP contribution in [-0.4, -0.2) is 61.2 Å². The second-order valence-electron chi connectivity index (χ2n) is 7.07. The van der Waals surface area contributed by atoms with Crippen molar-refractivity contribution in [3.05, 3.63) is 0 Å². The lowest BCUT2D eigenvalue weighted by Crippen LogP contribution is -2.58. The molecule has 0 spiro atoms. The predicted molar refractivity (Wildman–Crippen MR) is 86.8 cm³/mol. The topological polar surface area (TPSA) is 42.3 Å². The van der Waals surface area contributed by atoms with E-state index in [1.807, 2.05) is 0 Å². The van der Waals surface area contributed by atoms with Gasteiger partial charge in [0.05, 0.1) is 6.07 Å². The Bertz CT molecular complexity index is 303. The van der Waals surface area contributed by atoms with Crippen LogP contribution >= 0.6 is 0 Å². The maximum Gasteiger partial charge on any atom is 0.109 e. The molecule has 1 saturated heterocycles. The Hall–Kier alpha value is -0.630. The van der Waals surface area contributed by atoms with Gasteiger partial charge in [-0.3, -0.25) is 5.32 Å². The normalized spacial score (nSPS) is 19.4. The van der Waals surface area contributed by atoms with Gasteiger partial charge in [-0.25, -0.2) is 0 Å². The molecule has 0 aromatic carbocycles. The standard InChI is InChI=1S/C15H30N4.CH4/c1-14(2,3)17-15(13-16)7-11-19(12-8-15)10-6-9-18(4)5;/h17H,6-12H2,1-5H3;1H4. The van der Waals surface area contributed by atoms with Crippen LogP contribution in [0, 0.1) is 11.3 Å². The summed E-state index contributed by atoms with van der Waals surface area (Å²) < 4.78 is 0. The molecule has 1 rings (SSSR count). The van der Waals surface area contributed by atoms with E-state index >= 15 is 0 Å². The van der Waals surface area contributed by atoms with Gasteiger partial charge in [0.25, 0.3) is 0 Å². The zero-order valence-corrected chi connectivity index (χ0v) is 13.3. The molecule has 0 unspecified atom stereocenters. The van der Waals surface area contributed by atoms with E-state index in [4.69, 9.17) is 0 Å². The lowest BCUT2D eigenvalue weighted by atomic mass is 9.86. The summed E-state index contributed by atoms with van der Waals surface area (Å²) in [6.45, 7) is 10.8. The largest absolute Gasteiger partial charge is 0.309 e. The van der Waals surface area contributed by atoms with Crippen LogP contribution in [0.2, 0.25) is 0 Å². The molecule has 1 aliphatic rings. The maximum absolute atomic E-state index is 9.50. The molecule has 0 aromatic rings. The lowest BCUT2D eigenvalue weighted by Gasteiger charge is -2.41. The third-order valence-electron chi connectivity index (χ3n) is 3.62. The van der Waals surface area contributed by atoms with Crippen molar-refractivity contribution in [3.63, 3.8) is 0 Å². The van der Waals surface area contributed by atoms with E-state index in [9.17, 15) is 5.26 Å². The Balaban J connectivity index is 0.00000361. The highest BCUT2D eigenvalue weighted by Crippen LogP contribution is 2.24. The summed E-state index contributed by atoms with van der Waals surface area (Å²) in [5.74, 6) is 0. The Kier molecular flexibility index (Phi) is 7.72. The number of hydrogen-bond acceptors (Lipinski definition) is 4. The zero-order valence-electron chi connectivity index (χ0n) is 13.3. The van der Waals surface area contributed by atoms with Crippen LogP contribution in [0.25, 0.3) is 0 Å². The molecule has 0 aliphatic carbocycles. The fourth-order valence-electron chi connectivity index (χ4n) is 2.75. The highest BCUT2D eigenvalue weighted by atomic mass is 15.2. The second kappa shape index (κ2) is 7.97. The van der Waals surface area contributed by atoms with E-state index < -0.39 is 0 Å². The second-order valence-corrected chi connectivity index (χ2v) is 7.07. The van der Waals surface area contributed by atoms with E-state index in [1.165, 1.54) is 6.42 Å². The Labute approximate surface area is 126 Å². The van der Waals surface area contributed by atoms with Crippen LogP contribution in [0.1, 0.15) is 47.5 Å². The number of likely N-dealkylation sites (tertiary alicyclic amines) is 1. The van der Waals surface area contributed by atoms with Gasteiger partial charge in [0.15, 0.2) is 0 Å². The number of nitriles is 1. The molecule has 118 valence electrons. The Morgan fingerprint density at radius 3 is 2.20 bits per heavy atom. The molecular formula is C16H34N4. The van der Waals surface area contributed by atoms with Gasteiger partial charge in [0.1, 0.15) is 5.54 Å². The zero-order chi connectivity index (χ0) is 14.5. The van der Waals surface area contributed by atoms with Crippen molar-refractivity contribution in [2.75, 3.05) is 40.3 Å². The summed E-state index contributed by atoms with van der Waals surface area (Å²) in [4.78, 5) is 4.72. The van der Waals surface area contributed by atoms with Gasteiger partial charge in [0, 0.05) is 18.6 Å². The third kappa shape index (κ3) is 6.69. The van der Waals surface area contributed by atoms with E-state index in [-0.39, 0.29) is 18.5 Å². The lowest BCUT2D eigenvalue weighted by molar-refractivity contribution is 0.142. The van der Waals surface area contributed by atoms with Crippen LogP contribution in [0.4, 0.5) is 0 Å². The molecule has 0 radical (unpaired) electrons. The van der Waals surface area contributed by atoms with Crippen molar-refractivity contribution in [1.29, 1.82) is 5.26 Å². The molecule has 0 saturated carbocycles. The first kappa shape index (κ1) is 19.4. The summed E-state index contributed by atoms with van der Waals surface area (Å²) >= 11 is 0. The average molecular weight is 282 g/mol. The molecule has 0 amide bonds. The SMILES string of the molecule is C.CN(C)CCCN1CCC(C#N)(NC(C)(C)C)CC1. The monoisotopic (exact) mass is 282 g/mol. The molecule has 4 heteroatoms. The Morgan fingerprint density at radius 1 is 1.25 bits per heavy atom. The summed E-state index contributed by atoms with van der Waals surface area (Å²) in [6, 6.07) is 2.52. The van der Waals surface area contributed by atoms with Gasteiger partial charge >= 0.3 is 0 Å². The van der Waals surface area contributed by atoms with Gasteiger partial charge in [-0.1, -0.05) is 7.43 Å². The van der Waals surface area contributed by atoms with Gasteiger partial charge in [0.2, 0.25) is 0 Å². The molecule has 1 N–H and O–H groups in total. The van der Waals surface area contributed by atoms with E-state index in [0.29, 0.717) is 0 Å². The Morgan fingerprint density at radius 2 is 1.80 bits per heavy atom. The molecule has 0 bridgehead atoms. The molecule has 4 nitrogen and oxygen atoms in total. The van der Waals surface area contributed by atoms with Crippen molar-refractivity contribution in [3.8, 4) is 6.07 Å². The van der Waals surface area contributed by atoms with Gasteiger partial charge in [-0.15, -0.1) is 0 Å². The van der Waals surface area contributed by atoms with Crippen molar-refractivity contribution in [2.45, 2.75) is 58.5 Å². The minimum atomic E-state index is -0.323. The number of rotatable bonds is 5. The van der Waals surface area contributed by atoms with E-state index in [1.54, 1.807) is 0 Å². The van der Waals surface area contributed by atoms with E-state index in [0.717, 1.165) is 39.0 Å². The molecule has 20 heavy (non-hydrogen) atoms. The van der Waals surface area contributed by atoms with Crippen LogP contribution in [0.5, 0.6) is 0 Å². The number of nitrogens with one attached hydrogen (secondary N) is 1. The van der Waals surface area contributed by atoms with Crippen LogP contribution in [-0.2, 0) is 0 Å². The van der Waals surface area contributed by atoms with Gasteiger partial charge in [-0.2, -0.15) is 5.26 Å². The molecule has 0 atom stereocenters. The van der Waals surface area contributed by atoms with Crippen LogP contribution in [0.3, 0.4) is 0 Å². The first-order chi connectivity index (χ1) is 8.76. The first-order valence-corrected chi connectivity index (χ1v) is 7.34. The molecular weight excluding hydrogens is 248 g/mol. The van der Waals surface area contributed by atoms with Crippen LogP contribution < -0.4 is 5.32 Å². The van der Waals surface area contributed by atoms with Crippen molar-refractivity contribution < 1.29 is 0 Å². The highest BCUT2D eigenvalue weighted by Gasteiger charge is 2.37. The molecule has 1 aliphatic heterocycles. The van der Waals surface area contributed by atoms with Gasteiger partial charge < -0.3 is 9.80 Å².